The number of hydrogen-bond donors (Lipinski definition) is 1. The molecule has 1 N–H and O–H groups in total. The van der Waals surface area contributed by atoms with Crippen molar-refractivity contribution >= 4 is 12.2 Å². The maximum atomic E-state index is 3.72. The molecule has 2 aliphatic heterocycles. The van der Waals surface area contributed by atoms with Crippen molar-refractivity contribution in [2.75, 3.05) is 40.3 Å². The van der Waals surface area contributed by atoms with Crippen molar-refractivity contribution in [1.82, 2.24) is 15.1 Å². The van der Waals surface area contributed by atoms with Gasteiger partial charge < -0.3 is 10.2 Å². The molecule has 0 spiro atoms. The van der Waals surface area contributed by atoms with Crippen molar-refractivity contribution in [3.63, 3.8) is 0 Å². The van der Waals surface area contributed by atoms with Gasteiger partial charge in [0.05, 0.1) is 0 Å². The van der Waals surface area contributed by atoms with E-state index in [2.05, 4.69) is 103 Å². The summed E-state index contributed by atoms with van der Waals surface area (Å²) < 4.78 is 0. The molecule has 1 unspecified atom stereocenters. The Kier molecular flexibility index (Phi) is 6.19. The van der Waals surface area contributed by atoms with Crippen molar-refractivity contribution in [3.8, 4) is 0 Å². The number of benzene rings is 2. The van der Waals surface area contributed by atoms with Gasteiger partial charge in [0.1, 0.15) is 0 Å². The third-order valence-electron chi connectivity index (χ3n) is 6.71. The van der Waals surface area contributed by atoms with Crippen LogP contribution >= 0.6 is 0 Å². The van der Waals surface area contributed by atoms with Gasteiger partial charge in [-0.2, -0.15) is 0 Å². The lowest BCUT2D eigenvalue weighted by Gasteiger charge is -2.64. The van der Waals surface area contributed by atoms with Crippen LogP contribution in [0.5, 0.6) is 0 Å². The summed E-state index contributed by atoms with van der Waals surface area (Å²) in [5.74, 6) is 0.572. The number of hydrogen-bond acceptors (Lipinski definition) is 3. The van der Waals surface area contributed by atoms with E-state index in [0.29, 0.717) is 12.0 Å². The molecule has 0 aromatic heterocycles. The van der Waals surface area contributed by atoms with Crippen molar-refractivity contribution in [2.45, 2.75) is 37.3 Å². The highest BCUT2D eigenvalue weighted by Crippen LogP contribution is 2.49. The molecule has 2 saturated heterocycles. The van der Waals surface area contributed by atoms with Gasteiger partial charge >= 0.3 is 0 Å². The van der Waals surface area contributed by atoms with Crippen LogP contribution in [0.4, 0.5) is 0 Å². The summed E-state index contributed by atoms with van der Waals surface area (Å²) in [6.45, 7) is 7.04. The summed E-state index contributed by atoms with van der Waals surface area (Å²) in [4.78, 5) is 5.12. The van der Waals surface area contributed by atoms with Crippen molar-refractivity contribution < 1.29 is 0 Å². The quantitative estimate of drug-likeness (QED) is 0.768. The van der Waals surface area contributed by atoms with Gasteiger partial charge in [0.15, 0.2) is 0 Å². The van der Waals surface area contributed by atoms with Crippen LogP contribution in [-0.4, -0.2) is 61.7 Å². The third kappa shape index (κ3) is 4.32. The van der Waals surface area contributed by atoms with E-state index in [-0.39, 0.29) is 5.54 Å². The molecular weight excluding hydrogens is 354 g/mol. The highest BCUT2D eigenvalue weighted by molar-refractivity contribution is 5.69. The molecular formula is C26H35N3. The minimum Gasteiger partial charge on any atom is -0.315 e. The molecule has 2 aromatic carbocycles. The molecule has 0 aliphatic carbocycles. The summed E-state index contributed by atoms with van der Waals surface area (Å²) in [5, 5.41) is 3.72. The average Bonchev–Trinajstić information content (AvgIpc) is 2.71. The molecule has 0 saturated carbocycles. The second-order valence-electron chi connectivity index (χ2n) is 9.15. The number of likely N-dealkylation sites (N-methyl/N-ethyl adjacent to an activating group) is 1. The zero-order valence-corrected chi connectivity index (χ0v) is 18.1. The van der Waals surface area contributed by atoms with Gasteiger partial charge in [0.25, 0.3) is 0 Å². The number of nitrogens with zero attached hydrogens (tertiary/aromatic N) is 2. The molecule has 29 heavy (non-hydrogen) atoms. The SMILES string of the molecule is CN(C)C[C@@H]1C(c2ccc(C=Cc3ccccc3)cc2)[C@@]2(C)CNCCCCN12. The van der Waals surface area contributed by atoms with Crippen molar-refractivity contribution in [2.24, 2.45) is 0 Å². The molecule has 2 heterocycles. The van der Waals surface area contributed by atoms with Crippen LogP contribution in [0.15, 0.2) is 54.6 Å². The van der Waals surface area contributed by atoms with E-state index in [0.717, 1.165) is 19.6 Å². The number of fused-ring (bicyclic) bond motifs is 1. The molecule has 0 amide bonds. The fraction of sp³-hybridized carbons (Fsp3) is 0.462. The first-order valence-corrected chi connectivity index (χ1v) is 11.0. The smallest absolute Gasteiger partial charge is 0.0393 e. The minimum atomic E-state index is 0.211. The fourth-order valence-corrected chi connectivity index (χ4v) is 5.31. The van der Waals surface area contributed by atoms with Crippen LogP contribution in [0.1, 0.15) is 42.4 Å². The predicted octanol–water partition coefficient (Wildman–Crippen LogP) is 4.33. The van der Waals surface area contributed by atoms with Crippen LogP contribution in [-0.2, 0) is 0 Å². The second-order valence-corrected chi connectivity index (χ2v) is 9.15. The first-order valence-electron chi connectivity index (χ1n) is 11.0. The Morgan fingerprint density at radius 3 is 2.38 bits per heavy atom. The van der Waals surface area contributed by atoms with Gasteiger partial charge in [0.2, 0.25) is 0 Å². The minimum absolute atomic E-state index is 0.211. The number of nitrogens with one attached hydrogen (secondary N) is 1. The van der Waals surface area contributed by atoms with Crippen LogP contribution < -0.4 is 5.32 Å². The molecule has 0 radical (unpaired) electrons. The Morgan fingerprint density at radius 1 is 1.00 bits per heavy atom. The molecule has 3 nitrogen and oxygen atoms in total. The van der Waals surface area contributed by atoms with E-state index in [1.807, 2.05) is 0 Å². The first-order chi connectivity index (χ1) is 14.1. The molecule has 2 aromatic rings. The van der Waals surface area contributed by atoms with Crippen molar-refractivity contribution in [1.29, 1.82) is 0 Å². The average molecular weight is 390 g/mol. The van der Waals surface area contributed by atoms with Crippen LogP contribution in [0.25, 0.3) is 12.2 Å². The largest absolute Gasteiger partial charge is 0.315 e. The highest BCUT2D eigenvalue weighted by Gasteiger charge is 2.57. The molecule has 3 heteroatoms. The topological polar surface area (TPSA) is 18.5 Å². The van der Waals surface area contributed by atoms with Crippen LogP contribution in [0.3, 0.4) is 0 Å². The van der Waals surface area contributed by atoms with Gasteiger partial charge in [-0.3, -0.25) is 4.90 Å². The van der Waals surface area contributed by atoms with E-state index in [9.17, 15) is 0 Å². The lowest BCUT2D eigenvalue weighted by molar-refractivity contribution is -0.0998. The van der Waals surface area contributed by atoms with E-state index in [1.165, 1.54) is 36.1 Å². The summed E-state index contributed by atoms with van der Waals surface area (Å²) in [6.07, 6.45) is 6.98. The Balaban J connectivity index is 1.55. The molecule has 4 rings (SSSR count). The van der Waals surface area contributed by atoms with Gasteiger partial charge in [-0.1, -0.05) is 66.7 Å². The van der Waals surface area contributed by atoms with Gasteiger partial charge in [-0.05, 0) is 63.6 Å². The maximum Gasteiger partial charge on any atom is 0.0393 e. The summed E-state index contributed by atoms with van der Waals surface area (Å²) in [7, 11) is 4.40. The van der Waals surface area contributed by atoms with Gasteiger partial charge in [-0.15, -0.1) is 0 Å². The zero-order valence-electron chi connectivity index (χ0n) is 18.1. The monoisotopic (exact) mass is 389 g/mol. The zero-order chi connectivity index (χ0) is 20.3. The predicted molar refractivity (Wildman–Crippen MR) is 124 cm³/mol. The lowest BCUT2D eigenvalue weighted by atomic mass is 9.64. The fourth-order valence-electron chi connectivity index (χ4n) is 5.31. The molecule has 2 aliphatic rings. The first kappa shape index (κ1) is 20.3. The molecule has 3 atom stereocenters. The van der Waals surface area contributed by atoms with E-state index in [1.54, 1.807) is 0 Å². The maximum absolute atomic E-state index is 3.72. The number of rotatable bonds is 5. The Morgan fingerprint density at radius 2 is 1.69 bits per heavy atom. The third-order valence-corrected chi connectivity index (χ3v) is 6.71. The van der Waals surface area contributed by atoms with Crippen LogP contribution in [0.2, 0.25) is 0 Å². The second kappa shape index (κ2) is 8.83. The van der Waals surface area contributed by atoms with E-state index in [4.69, 9.17) is 0 Å². The molecule has 154 valence electrons. The Hall–Kier alpha value is -1.94. The lowest BCUT2D eigenvalue weighted by Crippen LogP contribution is -2.75. The Labute approximate surface area is 176 Å². The highest BCUT2D eigenvalue weighted by atomic mass is 15.3. The Bertz CT molecular complexity index is 812. The molecule has 2 fully saturated rings. The standard InChI is InChI=1S/C26H35N3/c1-26-20-27-17-7-8-18-29(26)24(19-28(2)3)25(26)23-15-13-22(14-16-23)12-11-21-9-5-4-6-10-21/h4-6,9-16,24-25,27H,7-8,17-20H2,1-3H3/t24-,25?,26-/m1/s1. The van der Waals surface area contributed by atoms with Gasteiger partial charge in [-0.25, -0.2) is 0 Å². The summed E-state index contributed by atoms with van der Waals surface area (Å²) in [5.41, 5.74) is 4.20. The summed E-state index contributed by atoms with van der Waals surface area (Å²) >= 11 is 0. The molecule has 0 bridgehead atoms. The van der Waals surface area contributed by atoms with E-state index >= 15 is 0 Å². The summed E-state index contributed by atoms with van der Waals surface area (Å²) in [6, 6.07) is 20.4. The van der Waals surface area contributed by atoms with Crippen molar-refractivity contribution in [3.05, 3.63) is 71.3 Å². The van der Waals surface area contributed by atoms with E-state index < -0.39 is 0 Å². The normalized spacial score (nSPS) is 28.0. The van der Waals surface area contributed by atoms with Crippen LogP contribution in [0, 0.1) is 0 Å². The van der Waals surface area contributed by atoms with Gasteiger partial charge in [0, 0.05) is 30.6 Å².